The maximum Gasteiger partial charge on any atom is 0.270 e. The molecule has 1 aliphatic heterocycles. The van der Waals surface area contributed by atoms with E-state index in [1.165, 1.54) is 9.50 Å². The molecule has 1 fully saturated rings. The van der Waals surface area contributed by atoms with Gasteiger partial charge in [-0.15, -0.1) is 11.3 Å². The summed E-state index contributed by atoms with van der Waals surface area (Å²) in [7, 11) is 0. The number of hydrazine groups is 1. The number of carbonyl (C=O) groups is 1. The van der Waals surface area contributed by atoms with Gasteiger partial charge in [0.2, 0.25) is 0 Å². The third kappa shape index (κ3) is 3.58. The van der Waals surface area contributed by atoms with Crippen LogP contribution in [0.2, 0.25) is 5.02 Å². The van der Waals surface area contributed by atoms with Crippen LogP contribution in [-0.4, -0.2) is 49.0 Å². The van der Waals surface area contributed by atoms with Gasteiger partial charge in [0.05, 0.1) is 38.9 Å². The van der Waals surface area contributed by atoms with E-state index in [2.05, 4.69) is 38.4 Å². The molecule has 0 spiro atoms. The van der Waals surface area contributed by atoms with Gasteiger partial charge in [0.1, 0.15) is 0 Å². The van der Waals surface area contributed by atoms with E-state index in [0.29, 0.717) is 29.4 Å². The molecule has 7 nitrogen and oxygen atoms in total. The Balaban J connectivity index is 1.43. The molecular weight excluding hydrogens is 420 g/mol. The van der Waals surface area contributed by atoms with Crippen LogP contribution in [-0.2, 0) is 6.54 Å². The molecule has 0 radical (unpaired) electrons. The summed E-state index contributed by atoms with van der Waals surface area (Å²) in [6.07, 6.45) is 4.09. The fourth-order valence-corrected chi connectivity index (χ4v) is 4.77. The van der Waals surface area contributed by atoms with Crippen LogP contribution in [0.25, 0.3) is 15.9 Å². The van der Waals surface area contributed by atoms with Gasteiger partial charge in [-0.05, 0) is 49.2 Å². The summed E-state index contributed by atoms with van der Waals surface area (Å²) < 4.78 is 1.18. The van der Waals surface area contributed by atoms with Crippen molar-refractivity contribution >= 4 is 39.1 Å². The van der Waals surface area contributed by atoms with Crippen LogP contribution in [0.3, 0.4) is 0 Å². The molecule has 0 aliphatic carbocycles. The van der Waals surface area contributed by atoms with Crippen molar-refractivity contribution in [1.82, 2.24) is 30.0 Å². The van der Waals surface area contributed by atoms with Crippen molar-refractivity contribution in [1.29, 1.82) is 0 Å². The average Bonchev–Trinajstić information content (AvgIpc) is 3.47. The summed E-state index contributed by atoms with van der Waals surface area (Å²) in [5.74, 6) is -0.104. The standard InChI is InChI=1S/C21H19ClN6OS/c1-14-25-18-11-15(3-6-20(18)30-14)13-26-9-2-10-27(26)21(29)17-12-16(22)4-5-19(17)28-23-7-8-24-28/h3-8,11-12H,2,9-10,13H2,1H3. The van der Waals surface area contributed by atoms with Crippen LogP contribution >= 0.6 is 22.9 Å². The zero-order valence-electron chi connectivity index (χ0n) is 16.3. The SMILES string of the molecule is Cc1nc2cc(CN3CCCN3C(=O)c3cc(Cl)ccc3-n3nccn3)ccc2s1. The number of fused-ring (bicyclic) bond motifs is 1. The number of hydrogen-bond donors (Lipinski definition) is 0. The maximum absolute atomic E-state index is 13.5. The Morgan fingerprint density at radius 1 is 1.13 bits per heavy atom. The molecule has 30 heavy (non-hydrogen) atoms. The van der Waals surface area contributed by atoms with Gasteiger partial charge >= 0.3 is 0 Å². The van der Waals surface area contributed by atoms with Crippen molar-refractivity contribution < 1.29 is 4.79 Å². The van der Waals surface area contributed by atoms with Crippen LogP contribution in [0.5, 0.6) is 0 Å². The van der Waals surface area contributed by atoms with E-state index in [1.54, 1.807) is 46.9 Å². The third-order valence-electron chi connectivity index (χ3n) is 5.11. The monoisotopic (exact) mass is 438 g/mol. The molecule has 0 saturated carbocycles. The number of carbonyl (C=O) groups excluding carboxylic acids is 1. The second-order valence-corrected chi connectivity index (χ2v) is 8.86. The first-order chi connectivity index (χ1) is 14.6. The van der Waals surface area contributed by atoms with Gasteiger partial charge in [0.15, 0.2) is 0 Å². The first kappa shape index (κ1) is 19.2. The average molecular weight is 439 g/mol. The fourth-order valence-electron chi connectivity index (χ4n) is 3.79. The van der Waals surface area contributed by atoms with Gasteiger partial charge in [0.25, 0.3) is 5.91 Å². The first-order valence-electron chi connectivity index (χ1n) is 9.67. The number of aromatic nitrogens is 4. The zero-order chi connectivity index (χ0) is 20.7. The van der Waals surface area contributed by atoms with Crippen LogP contribution < -0.4 is 0 Å². The highest BCUT2D eigenvalue weighted by molar-refractivity contribution is 7.18. The lowest BCUT2D eigenvalue weighted by Crippen LogP contribution is -2.41. The van der Waals surface area contributed by atoms with Crippen LogP contribution in [0.1, 0.15) is 27.3 Å². The molecule has 152 valence electrons. The van der Waals surface area contributed by atoms with Gasteiger partial charge < -0.3 is 0 Å². The number of nitrogens with zero attached hydrogens (tertiary/aromatic N) is 6. The minimum atomic E-state index is -0.104. The zero-order valence-corrected chi connectivity index (χ0v) is 17.9. The van der Waals surface area contributed by atoms with Gasteiger partial charge in [0, 0.05) is 24.7 Å². The van der Waals surface area contributed by atoms with Crippen molar-refractivity contribution in [3.63, 3.8) is 0 Å². The number of thiazole rings is 1. The topological polar surface area (TPSA) is 67.2 Å². The number of aryl methyl sites for hydroxylation is 1. The van der Waals surface area contributed by atoms with E-state index in [-0.39, 0.29) is 5.91 Å². The summed E-state index contributed by atoms with van der Waals surface area (Å²) in [4.78, 5) is 19.5. The Morgan fingerprint density at radius 2 is 1.97 bits per heavy atom. The van der Waals surface area contributed by atoms with Crippen LogP contribution in [0.4, 0.5) is 0 Å². The summed E-state index contributed by atoms with van der Waals surface area (Å²) >= 11 is 7.90. The fraction of sp³-hybridized carbons (Fsp3) is 0.238. The second-order valence-electron chi connectivity index (χ2n) is 7.18. The molecule has 2 aromatic carbocycles. The molecule has 4 aromatic rings. The Bertz CT molecular complexity index is 1220. The van der Waals surface area contributed by atoms with Gasteiger partial charge in [-0.2, -0.15) is 15.0 Å². The summed E-state index contributed by atoms with van der Waals surface area (Å²) in [6.45, 7) is 4.14. The minimum absolute atomic E-state index is 0.104. The van der Waals surface area contributed by atoms with E-state index in [0.717, 1.165) is 29.1 Å². The second kappa shape index (κ2) is 7.79. The van der Waals surface area contributed by atoms with Gasteiger partial charge in [-0.25, -0.2) is 9.99 Å². The predicted molar refractivity (Wildman–Crippen MR) is 117 cm³/mol. The van der Waals surface area contributed by atoms with E-state index >= 15 is 0 Å². The van der Waals surface area contributed by atoms with Crippen LogP contribution in [0.15, 0.2) is 48.8 Å². The Hall–Kier alpha value is -2.81. The first-order valence-corrected chi connectivity index (χ1v) is 10.9. The summed E-state index contributed by atoms with van der Waals surface area (Å²) in [6, 6.07) is 11.5. The summed E-state index contributed by atoms with van der Waals surface area (Å²) in [5.41, 5.74) is 3.23. The minimum Gasteiger partial charge on any atom is -0.271 e. The Kier molecular flexibility index (Phi) is 4.98. The molecule has 1 aliphatic rings. The van der Waals surface area contributed by atoms with Crippen molar-refractivity contribution in [3.8, 4) is 5.69 Å². The Morgan fingerprint density at radius 3 is 2.80 bits per heavy atom. The molecule has 0 atom stereocenters. The van der Waals surface area contributed by atoms with Gasteiger partial charge in [-0.1, -0.05) is 17.7 Å². The lowest BCUT2D eigenvalue weighted by atomic mass is 10.1. The molecule has 0 bridgehead atoms. The maximum atomic E-state index is 13.5. The highest BCUT2D eigenvalue weighted by Crippen LogP contribution is 2.26. The van der Waals surface area contributed by atoms with Gasteiger partial charge in [-0.3, -0.25) is 9.80 Å². The largest absolute Gasteiger partial charge is 0.271 e. The number of rotatable bonds is 4. The molecule has 1 amide bonds. The van der Waals surface area contributed by atoms with E-state index < -0.39 is 0 Å². The lowest BCUT2D eigenvalue weighted by Gasteiger charge is -2.28. The highest BCUT2D eigenvalue weighted by Gasteiger charge is 2.29. The van der Waals surface area contributed by atoms with Crippen molar-refractivity contribution in [2.24, 2.45) is 0 Å². The number of halogens is 1. The number of hydrogen-bond acceptors (Lipinski definition) is 6. The molecule has 3 heterocycles. The predicted octanol–water partition coefficient (Wildman–Crippen LogP) is 4.10. The van der Waals surface area contributed by atoms with Crippen molar-refractivity contribution in [2.75, 3.05) is 13.1 Å². The summed E-state index contributed by atoms with van der Waals surface area (Å²) in [5, 5.41) is 13.8. The molecule has 1 saturated heterocycles. The highest BCUT2D eigenvalue weighted by atomic mass is 35.5. The molecule has 9 heteroatoms. The van der Waals surface area contributed by atoms with Crippen molar-refractivity contribution in [3.05, 3.63) is 69.9 Å². The lowest BCUT2D eigenvalue weighted by molar-refractivity contribution is 0.0170. The molecule has 0 N–H and O–H groups in total. The quantitative estimate of drug-likeness (QED) is 0.480. The normalized spacial score (nSPS) is 14.7. The smallest absolute Gasteiger partial charge is 0.270 e. The number of benzene rings is 2. The van der Waals surface area contributed by atoms with Crippen molar-refractivity contribution in [2.45, 2.75) is 19.9 Å². The molecule has 0 unspecified atom stereocenters. The molecular formula is C21H19ClN6OS. The molecule has 2 aromatic heterocycles. The number of amides is 1. The van der Waals surface area contributed by atoms with E-state index in [1.807, 2.05) is 6.92 Å². The van der Waals surface area contributed by atoms with E-state index in [4.69, 9.17) is 11.6 Å². The molecule has 5 rings (SSSR count). The van der Waals surface area contributed by atoms with Crippen LogP contribution in [0, 0.1) is 6.92 Å². The third-order valence-corrected chi connectivity index (χ3v) is 6.30. The Labute approximate surface area is 182 Å². The van der Waals surface area contributed by atoms with E-state index in [9.17, 15) is 4.79 Å².